The molecule has 6 heteroatoms. The molecule has 2 unspecified atom stereocenters. The van der Waals surface area contributed by atoms with E-state index in [2.05, 4.69) is 5.32 Å². The highest BCUT2D eigenvalue weighted by Crippen LogP contribution is 2.24. The molecule has 22 heavy (non-hydrogen) atoms. The van der Waals surface area contributed by atoms with Crippen LogP contribution >= 0.6 is 11.3 Å². The topological polar surface area (TPSA) is 78.8 Å². The van der Waals surface area contributed by atoms with Crippen molar-refractivity contribution in [1.82, 2.24) is 5.32 Å². The molecular weight excluding hydrogens is 302 g/mol. The summed E-state index contributed by atoms with van der Waals surface area (Å²) in [5.74, 6) is 0. The number of ether oxygens (including phenoxy) is 1. The van der Waals surface area contributed by atoms with Gasteiger partial charge in [-0.25, -0.2) is 4.79 Å². The number of nitrogens with one attached hydrogen (secondary N) is 1. The van der Waals surface area contributed by atoms with Gasteiger partial charge in [0, 0.05) is 11.4 Å². The zero-order valence-electron chi connectivity index (χ0n) is 12.2. The van der Waals surface area contributed by atoms with E-state index < -0.39 is 18.3 Å². The first kappa shape index (κ1) is 16.5. The summed E-state index contributed by atoms with van der Waals surface area (Å²) in [6, 6.07) is 11.1. The molecule has 0 saturated heterocycles. The molecule has 2 aromatic rings. The number of alkyl carbamates (subject to hydrolysis) is 1. The van der Waals surface area contributed by atoms with Crippen LogP contribution in [0.15, 0.2) is 41.8 Å². The maximum atomic E-state index is 11.6. The Kier molecular flexibility index (Phi) is 5.94. The molecule has 3 N–H and O–H groups in total. The number of thiophene rings is 1. The summed E-state index contributed by atoms with van der Waals surface area (Å²) in [5, 5.41) is 24.3. The molecule has 2 atom stereocenters. The Morgan fingerprint density at radius 1 is 1.27 bits per heavy atom. The molecule has 0 aliphatic rings. The van der Waals surface area contributed by atoms with Crippen molar-refractivity contribution < 1.29 is 19.7 Å². The lowest BCUT2D eigenvalue weighted by Gasteiger charge is -2.18. The molecule has 0 spiro atoms. The minimum absolute atomic E-state index is 0.0793. The van der Waals surface area contributed by atoms with Crippen molar-refractivity contribution in [2.45, 2.75) is 25.7 Å². The molecule has 1 aromatic carbocycles. The van der Waals surface area contributed by atoms with Crippen LogP contribution in [0, 0.1) is 6.92 Å². The first-order valence-electron chi connectivity index (χ1n) is 6.92. The lowest BCUT2D eigenvalue weighted by atomic mass is 10.1. The molecule has 1 amide bonds. The van der Waals surface area contributed by atoms with Gasteiger partial charge in [0.1, 0.15) is 18.8 Å². The SMILES string of the molecule is Cc1sccc1C(O)C(O)CNC(=O)OCc1ccccc1. The van der Waals surface area contributed by atoms with Crippen LogP contribution in [0.1, 0.15) is 22.1 Å². The van der Waals surface area contributed by atoms with E-state index in [4.69, 9.17) is 4.74 Å². The number of rotatable bonds is 6. The zero-order chi connectivity index (χ0) is 15.9. The zero-order valence-corrected chi connectivity index (χ0v) is 13.0. The van der Waals surface area contributed by atoms with Crippen LogP contribution < -0.4 is 5.32 Å². The number of aryl methyl sites for hydroxylation is 1. The normalized spacial score (nSPS) is 13.4. The number of aliphatic hydroxyl groups excluding tert-OH is 2. The van der Waals surface area contributed by atoms with Crippen molar-refractivity contribution >= 4 is 17.4 Å². The fourth-order valence-electron chi connectivity index (χ4n) is 1.98. The van der Waals surface area contributed by atoms with Gasteiger partial charge in [0.25, 0.3) is 0 Å². The van der Waals surface area contributed by atoms with E-state index in [-0.39, 0.29) is 13.2 Å². The second-order valence-electron chi connectivity index (χ2n) is 4.89. The first-order valence-corrected chi connectivity index (χ1v) is 7.80. The molecule has 1 heterocycles. The number of carbonyl (C=O) groups excluding carboxylic acids is 1. The highest BCUT2D eigenvalue weighted by molar-refractivity contribution is 7.10. The molecule has 0 radical (unpaired) electrons. The number of hydrogen-bond donors (Lipinski definition) is 3. The van der Waals surface area contributed by atoms with Gasteiger partial charge in [-0.15, -0.1) is 11.3 Å². The highest BCUT2D eigenvalue weighted by Gasteiger charge is 2.21. The number of amides is 1. The Balaban J connectivity index is 1.75. The van der Waals surface area contributed by atoms with Crippen molar-refractivity contribution in [3.8, 4) is 0 Å². The quantitative estimate of drug-likeness (QED) is 0.763. The van der Waals surface area contributed by atoms with E-state index in [1.807, 2.05) is 42.6 Å². The van der Waals surface area contributed by atoms with Crippen LogP contribution in [0.4, 0.5) is 4.79 Å². The standard InChI is InChI=1S/C16H19NO4S/c1-11-13(7-8-22-11)15(19)14(18)9-17-16(20)21-10-12-5-3-2-4-6-12/h2-8,14-15,18-19H,9-10H2,1H3,(H,17,20). The van der Waals surface area contributed by atoms with Gasteiger partial charge in [0.05, 0.1) is 0 Å². The molecule has 0 saturated carbocycles. The molecule has 0 fully saturated rings. The van der Waals surface area contributed by atoms with Crippen molar-refractivity contribution in [2.24, 2.45) is 0 Å². The lowest BCUT2D eigenvalue weighted by Crippen LogP contribution is -2.35. The Morgan fingerprint density at radius 3 is 2.64 bits per heavy atom. The van der Waals surface area contributed by atoms with E-state index >= 15 is 0 Å². The number of benzene rings is 1. The maximum absolute atomic E-state index is 11.6. The summed E-state index contributed by atoms with van der Waals surface area (Å²) >= 11 is 1.50. The first-order chi connectivity index (χ1) is 10.6. The smallest absolute Gasteiger partial charge is 0.407 e. The van der Waals surface area contributed by atoms with Gasteiger partial charge < -0.3 is 20.3 Å². The van der Waals surface area contributed by atoms with Crippen LogP contribution in [-0.4, -0.2) is 29.0 Å². The summed E-state index contributed by atoms with van der Waals surface area (Å²) in [6.07, 6.45) is -2.74. The average molecular weight is 321 g/mol. The van der Waals surface area contributed by atoms with Gasteiger partial charge in [0.15, 0.2) is 0 Å². The summed E-state index contributed by atoms with van der Waals surface area (Å²) in [4.78, 5) is 12.5. The van der Waals surface area contributed by atoms with Crippen LogP contribution in [0.3, 0.4) is 0 Å². The van der Waals surface area contributed by atoms with Crippen LogP contribution in [0.25, 0.3) is 0 Å². The second-order valence-corrected chi connectivity index (χ2v) is 6.01. The summed E-state index contributed by atoms with van der Waals surface area (Å²) in [5.41, 5.74) is 1.56. The second kappa shape index (κ2) is 7.93. The van der Waals surface area contributed by atoms with E-state index in [0.29, 0.717) is 5.56 Å². The predicted octanol–water partition coefficient (Wildman–Crippen LogP) is 2.38. The Morgan fingerprint density at radius 2 is 2.00 bits per heavy atom. The lowest BCUT2D eigenvalue weighted by molar-refractivity contribution is 0.0183. The van der Waals surface area contributed by atoms with Crippen LogP contribution in [0.2, 0.25) is 0 Å². The van der Waals surface area contributed by atoms with Gasteiger partial charge in [-0.05, 0) is 29.5 Å². The Bertz CT molecular complexity index is 599. The van der Waals surface area contributed by atoms with Gasteiger partial charge in [-0.3, -0.25) is 0 Å². The molecule has 0 bridgehead atoms. The van der Waals surface area contributed by atoms with E-state index in [0.717, 1.165) is 10.4 Å². The van der Waals surface area contributed by atoms with Crippen LogP contribution in [-0.2, 0) is 11.3 Å². The number of carbonyl (C=O) groups is 1. The third kappa shape index (κ3) is 4.56. The van der Waals surface area contributed by atoms with Gasteiger partial charge in [0.2, 0.25) is 0 Å². The van der Waals surface area contributed by atoms with Crippen LogP contribution in [0.5, 0.6) is 0 Å². The van der Waals surface area contributed by atoms with E-state index in [1.165, 1.54) is 11.3 Å². The van der Waals surface area contributed by atoms with Gasteiger partial charge >= 0.3 is 6.09 Å². The largest absolute Gasteiger partial charge is 0.445 e. The van der Waals surface area contributed by atoms with Crippen molar-refractivity contribution in [3.63, 3.8) is 0 Å². The van der Waals surface area contributed by atoms with E-state index in [9.17, 15) is 15.0 Å². The fourth-order valence-corrected chi connectivity index (χ4v) is 2.73. The minimum Gasteiger partial charge on any atom is -0.445 e. The summed E-state index contributed by atoms with van der Waals surface area (Å²) < 4.78 is 5.03. The molecule has 0 aliphatic carbocycles. The summed E-state index contributed by atoms with van der Waals surface area (Å²) in [6.45, 7) is 1.95. The van der Waals surface area contributed by atoms with Crippen molar-refractivity contribution in [3.05, 3.63) is 57.8 Å². The third-order valence-electron chi connectivity index (χ3n) is 3.25. The molecule has 2 rings (SSSR count). The number of hydrogen-bond acceptors (Lipinski definition) is 5. The Labute approximate surface area is 133 Å². The predicted molar refractivity (Wildman–Crippen MR) is 84.7 cm³/mol. The van der Waals surface area contributed by atoms with E-state index in [1.54, 1.807) is 6.07 Å². The fraction of sp³-hybridized carbons (Fsp3) is 0.312. The maximum Gasteiger partial charge on any atom is 0.407 e. The Hall–Kier alpha value is -1.89. The van der Waals surface area contributed by atoms with Gasteiger partial charge in [-0.1, -0.05) is 30.3 Å². The summed E-state index contributed by atoms with van der Waals surface area (Å²) in [7, 11) is 0. The molecule has 118 valence electrons. The monoisotopic (exact) mass is 321 g/mol. The van der Waals surface area contributed by atoms with Gasteiger partial charge in [-0.2, -0.15) is 0 Å². The minimum atomic E-state index is -1.09. The third-order valence-corrected chi connectivity index (χ3v) is 4.11. The average Bonchev–Trinajstić information content (AvgIpc) is 2.96. The van der Waals surface area contributed by atoms with Crippen molar-refractivity contribution in [1.29, 1.82) is 0 Å². The van der Waals surface area contributed by atoms with Crippen molar-refractivity contribution in [2.75, 3.05) is 6.54 Å². The molecule has 0 aliphatic heterocycles. The molecular formula is C16H19NO4S. The molecule has 5 nitrogen and oxygen atoms in total. The highest BCUT2D eigenvalue weighted by atomic mass is 32.1. The number of aliphatic hydroxyl groups is 2. The molecule has 1 aromatic heterocycles.